The molecule has 0 saturated heterocycles. The van der Waals surface area contributed by atoms with Crippen LogP contribution >= 0.6 is 11.8 Å². The maximum Gasteiger partial charge on any atom is 0.270 e. The van der Waals surface area contributed by atoms with Gasteiger partial charge in [-0.25, -0.2) is 0 Å². The third-order valence-electron chi connectivity index (χ3n) is 4.49. The van der Waals surface area contributed by atoms with Crippen LogP contribution in [0, 0.1) is 0 Å². The molecule has 1 aromatic heterocycles. The van der Waals surface area contributed by atoms with E-state index in [0.29, 0.717) is 17.1 Å². The van der Waals surface area contributed by atoms with Crippen molar-refractivity contribution in [1.29, 1.82) is 0 Å². The molecule has 4 rings (SSSR count). The fourth-order valence-corrected chi connectivity index (χ4v) is 4.52. The van der Waals surface area contributed by atoms with Crippen molar-refractivity contribution in [1.82, 2.24) is 9.78 Å². The smallest absolute Gasteiger partial charge is 0.270 e. The lowest BCUT2D eigenvalue weighted by molar-refractivity contribution is -0.113. The molecule has 6 heteroatoms. The molecule has 0 saturated carbocycles. The van der Waals surface area contributed by atoms with Gasteiger partial charge >= 0.3 is 0 Å². The molecular formula is C19H19N3O2S. The highest BCUT2D eigenvalue weighted by Gasteiger charge is 2.31. The number of aromatic amines is 1. The molecule has 1 amide bonds. The Labute approximate surface area is 149 Å². The molecule has 0 bridgehead atoms. The van der Waals surface area contributed by atoms with Crippen LogP contribution in [-0.2, 0) is 4.79 Å². The first-order valence-corrected chi connectivity index (χ1v) is 9.34. The van der Waals surface area contributed by atoms with Crippen LogP contribution in [0.25, 0.3) is 10.8 Å². The van der Waals surface area contributed by atoms with Gasteiger partial charge in [-0.15, -0.1) is 11.8 Å². The van der Waals surface area contributed by atoms with Gasteiger partial charge in [0.15, 0.2) is 0 Å². The molecule has 25 heavy (non-hydrogen) atoms. The highest BCUT2D eigenvalue weighted by Crippen LogP contribution is 2.42. The first-order valence-electron chi connectivity index (χ1n) is 8.30. The van der Waals surface area contributed by atoms with Crippen LogP contribution < -0.4 is 10.9 Å². The van der Waals surface area contributed by atoms with Crippen molar-refractivity contribution in [2.45, 2.75) is 25.1 Å². The Bertz CT molecular complexity index is 1010. The average molecular weight is 353 g/mol. The molecule has 1 aliphatic heterocycles. The number of rotatable bonds is 2. The quantitative estimate of drug-likeness (QED) is 0.738. The Morgan fingerprint density at radius 3 is 2.68 bits per heavy atom. The second-order valence-electron chi connectivity index (χ2n) is 6.47. The topological polar surface area (TPSA) is 66.9 Å². The zero-order chi connectivity index (χ0) is 17.6. The van der Waals surface area contributed by atoms with Crippen LogP contribution in [0.5, 0.6) is 0 Å². The Morgan fingerprint density at radius 1 is 1.12 bits per heavy atom. The van der Waals surface area contributed by atoms with Gasteiger partial charge in [-0.05, 0) is 30.2 Å². The van der Waals surface area contributed by atoms with Gasteiger partial charge in [0.2, 0.25) is 5.91 Å². The molecule has 0 radical (unpaired) electrons. The maximum absolute atomic E-state index is 12.7. The zero-order valence-electron chi connectivity index (χ0n) is 14.1. The summed E-state index contributed by atoms with van der Waals surface area (Å²) in [7, 11) is 0. The van der Waals surface area contributed by atoms with Crippen LogP contribution in [0.1, 0.15) is 36.3 Å². The number of H-pyrrole nitrogens is 1. The van der Waals surface area contributed by atoms with Crippen molar-refractivity contribution in [3.63, 3.8) is 0 Å². The number of nitrogens with zero attached hydrogens (tertiary/aromatic N) is 1. The molecule has 2 heterocycles. The molecule has 0 fully saturated rings. The zero-order valence-corrected chi connectivity index (χ0v) is 14.9. The number of hydrogen-bond acceptors (Lipinski definition) is 3. The summed E-state index contributed by atoms with van der Waals surface area (Å²) in [5.41, 5.74) is 1.55. The molecule has 1 atom stereocenters. The fourth-order valence-electron chi connectivity index (χ4n) is 3.36. The number of benzene rings is 2. The number of nitrogens with one attached hydrogen (secondary N) is 2. The van der Waals surface area contributed by atoms with Gasteiger partial charge in [-0.1, -0.05) is 42.5 Å². The molecule has 0 spiro atoms. The molecule has 3 aromatic rings. The van der Waals surface area contributed by atoms with Gasteiger partial charge in [0.25, 0.3) is 5.56 Å². The minimum atomic E-state index is -0.191. The summed E-state index contributed by atoms with van der Waals surface area (Å²) in [5.74, 6) is 0.829. The SMILES string of the molecule is CC(C)n1[nH]c(=O)c2c1NC(=O)CS[C@@H]2c1cccc2ccccc12. The normalized spacial score (nSPS) is 17.4. The second kappa shape index (κ2) is 6.11. The Balaban J connectivity index is 1.98. The predicted molar refractivity (Wildman–Crippen MR) is 102 cm³/mol. The molecule has 128 valence electrons. The van der Waals surface area contributed by atoms with Crippen molar-refractivity contribution in [2.75, 3.05) is 11.1 Å². The number of carbonyl (C=O) groups is 1. The predicted octanol–water partition coefficient (Wildman–Crippen LogP) is 3.69. The lowest BCUT2D eigenvalue weighted by Crippen LogP contribution is -2.17. The average Bonchev–Trinajstić information content (AvgIpc) is 2.82. The summed E-state index contributed by atoms with van der Waals surface area (Å²) in [4.78, 5) is 24.9. The van der Waals surface area contributed by atoms with Crippen LogP contribution in [0.2, 0.25) is 0 Å². The van der Waals surface area contributed by atoms with E-state index in [2.05, 4.69) is 28.6 Å². The van der Waals surface area contributed by atoms with E-state index in [4.69, 9.17) is 0 Å². The monoisotopic (exact) mass is 353 g/mol. The van der Waals surface area contributed by atoms with Gasteiger partial charge < -0.3 is 5.32 Å². The van der Waals surface area contributed by atoms with E-state index in [1.165, 1.54) is 11.8 Å². The van der Waals surface area contributed by atoms with Gasteiger partial charge in [0, 0.05) is 6.04 Å². The lowest BCUT2D eigenvalue weighted by atomic mass is 9.99. The largest absolute Gasteiger partial charge is 0.310 e. The Hall–Kier alpha value is -2.47. The summed E-state index contributed by atoms with van der Waals surface area (Å²) in [6.07, 6.45) is 0. The van der Waals surface area contributed by atoms with E-state index >= 15 is 0 Å². The summed E-state index contributed by atoms with van der Waals surface area (Å²) < 4.78 is 1.75. The number of hydrogen-bond donors (Lipinski definition) is 2. The first-order chi connectivity index (χ1) is 12.1. The van der Waals surface area contributed by atoms with E-state index < -0.39 is 0 Å². The van der Waals surface area contributed by atoms with Gasteiger partial charge in [0.05, 0.1) is 16.6 Å². The molecule has 1 aliphatic rings. The summed E-state index contributed by atoms with van der Waals surface area (Å²) in [6.45, 7) is 3.96. The van der Waals surface area contributed by atoms with Crippen molar-refractivity contribution in [3.8, 4) is 0 Å². The van der Waals surface area contributed by atoms with Gasteiger partial charge in [-0.2, -0.15) is 0 Å². The van der Waals surface area contributed by atoms with E-state index in [1.54, 1.807) is 4.68 Å². The van der Waals surface area contributed by atoms with E-state index in [1.807, 2.05) is 38.1 Å². The van der Waals surface area contributed by atoms with E-state index in [-0.39, 0.29) is 22.8 Å². The number of fused-ring (bicyclic) bond motifs is 2. The highest BCUT2D eigenvalue weighted by atomic mass is 32.2. The van der Waals surface area contributed by atoms with Crippen molar-refractivity contribution in [2.24, 2.45) is 0 Å². The first kappa shape index (κ1) is 16.0. The van der Waals surface area contributed by atoms with Crippen LogP contribution in [0.4, 0.5) is 5.82 Å². The van der Waals surface area contributed by atoms with E-state index in [0.717, 1.165) is 16.3 Å². The van der Waals surface area contributed by atoms with Crippen molar-refractivity contribution >= 4 is 34.3 Å². The molecule has 2 aromatic carbocycles. The standard InChI is InChI=1S/C19H19N3O2S/c1-11(2)22-18-16(19(24)21-22)17(25-10-15(23)20-18)14-9-5-7-12-6-3-4-8-13(12)14/h3-9,11,17H,10H2,1-2H3,(H,20,23)(H,21,24)/t17-/m1/s1. The van der Waals surface area contributed by atoms with Gasteiger partial charge in [-0.3, -0.25) is 19.4 Å². The fraction of sp³-hybridized carbons (Fsp3) is 0.263. The minimum Gasteiger partial charge on any atom is -0.310 e. The Kier molecular flexibility index (Phi) is 3.92. The third kappa shape index (κ3) is 2.66. The highest BCUT2D eigenvalue weighted by molar-refractivity contribution is 8.00. The van der Waals surface area contributed by atoms with Crippen LogP contribution in [0.3, 0.4) is 0 Å². The summed E-state index contributed by atoms with van der Waals surface area (Å²) in [5, 5.41) is 7.85. The molecular weight excluding hydrogens is 334 g/mol. The minimum absolute atomic E-state index is 0.0491. The molecule has 5 nitrogen and oxygen atoms in total. The molecule has 2 N–H and O–H groups in total. The van der Waals surface area contributed by atoms with Gasteiger partial charge in [0.1, 0.15) is 5.82 Å². The van der Waals surface area contributed by atoms with Crippen molar-refractivity contribution < 1.29 is 4.79 Å². The lowest BCUT2D eigenvalue weighted by Gasteiger charge is -2.17. The van der Waals surface area contributed by atoms with Crippen LogP contribution in [-0.4, -0.2) is 21.4 Å². The number of anilines is 1. The number of amides is 1. The number of aromatic nitrogens is 2. The third-order valence-corrected chi connectivity index (χ3v) is 5.74. The van der Waals surface area contributed by atoms with Crippen molar-refractivity contribution in [3.05, 3.63) is 63.9 Å². The van der Waals surface area contributed by atoms with Crippen LogP contribution in [0.15, 0.2) is 47.3 Å². The summed E-state index contributed by atoms with van der Waals surface area (Å²) >= 11 is 1.50. The summed E-state index contributed by atoms with van der Waals surface area (Å²) in [6, 6.07) is 14.3. The number of carbonyl (C=O) groups excluding carboxylic acids is 1. The Morgan fingerprint density at radius 2 is 1.88 bits per heavy atom. The molecule has 0 aliphatic carbocycles. The molecule has 0 unspecified atom stereocenters. The maximum atomic E-state index is 12.7. The second-order valence-corrected chi connectivity index (χ2v) is 7.57. The number of thioether (sulfide) groups is 1. The van der Waals surface area contributed by atoms with E-state index in [9.17, 15) is 9.59 Å².